The molecule has 1 aromatic rings. The van der Waals surface area contributed by atoms with E-state index in [9.17, 15) is 0 Å². The molecular weight excluding hydrogens is 214 g/mol. The molecular formula is C12H23N5. The molecule has 1 aromatic heterocycles. The Bertz CT molecular complexity index is 339. The van der Waals surface area contributed by atoms with Crippen LogP contribution >= 0.6 is 0 Å². The normalized spacial score (nSPS) is 13.3. The number of rotatable bonds is 6. The second-order valence-corrected chi connectivity index (χ2v) is 4.58. The van der Waals surface area contributed by atoms with E-state index in [4.69, 9.17) is 5.73 Å². The Labute approximate surface area is 104 Å². The maximum atomic E-state index is 5.58. The van der Waals surface area contributed by atoms with Gasteiger partial charge < -0.3 is 10.6 Å². The van der Waals surface area contributed by atoms with E-state index in [1.807, 2.05) is 6.07 Å². The van der Waals surface area contributed by atoms with E-state index in [0.29, 0.717) is 12.0 Å². The van der Waals surface area contributed by atoms with Crippen LogP contribution in [0.1, 0.15) is 19.5 Å². The van der Waals surface area contributed by atoms with Crippen LogP contribution in [0.5, 0.6) is 0 Å². The van der Waals surface area contributed by atoms with Gasteiger partial charge in [-0.15, -0.1) is 0 Å². The van der Waals surface area contributed by atoms with Gasteiger partial charge in [-0.05, 0) is 33.6 Å². The number of hydrogen-bond donors (Lipinski definition) is 1. The maximum Gasteiger partial charge on any atom is 0.220 e. The van der Waals surface area contributed by atoms with Crippen LogP contribution in [-0.2, 0) is 6.54 Å². The number of hydrogen-bond acceptors (Lipinski definition) is 5. The minimum Gasteiger partial charge on any atom is -0.368 e. The first-order chi connectivity index (χ1) is 8.02. The lowest BCUT2D eigenvalue weighted by Gasteiger charge is -2.29. The van der Waals surface area contributed by atoms with Gasteiger partial charge in [-0.2, -0.15) is 0 Å². The molecule has 0 aromatic carbocycles. The summed E-state index contributed by atoms with van der Waals surface area (Å²) in [6.07, 6.45) is 1.71. The fourth-order valence-corrected chi connectivity index (χ4v) is 1.93. The SMILES string of the molecule is CCN(Cc1ccnc(N)n1)C(C)CN(C)C. The van der Waals surface area contributed by atoms with E-state index in [0.717, 1.165) is 25.3 Å². The fraction of sp³-hybridized carbons (Fsp3) is 0.667. The van der Waals surface area contributed by atoms with Crippen LogP contribution in [0, 0.1) is 0 Å². The summed E-state index contributed by atoms with van der Waals surface area (Å²) in [5.41, 5.74) is 6.56. The third-order valence-electron chi connectivity index (χ3n) is 2.76. The molecule has 0 fully saturated rings. The van der Waals surface area contributed by atoms with Crippen molar-refractivity contribution < 1.29 is 0 Å². The fourth-order valence-electron chi connectivity index (χ4n) is 1.93. The number of likely N-dealkylation sites (N-methyl/N-ethyl adjacent to an activating group) is 2. The van der Waals surface area contributed by atoms with Gasteiger partial charge >= 0.3 is 0 Å². The molecule has 2 N–H and O–H groups in total. The van der Waals surface area contributed by atoms with Gasteiger partial charge in [0.05, 0.1) is 5.69 Å². The summed E-state index contributed by atoms with van der Waals surface area (Å²) in [7, 11) is 4.18. The lowest BCUT2D eigenvalue weighted by molar-refractivity contribution is 0.172. The quantitative estimate of drug-likeness (QED) is 0.794. The number of nitrogens with two attached hydrogens (primary N) is 1. The molecule has 1 unspecified atom stereocenters. The third kappa shape index (κ3) is 4.66. The molecule has 5 heteroatoms. The average Bonchev–Trinajstić information content (AvgIpc) is 2.24. The lowest BCUT2D eigenvalue weighted by Crippen LogP contribution is -2.39. The first-order valence-corrected chi connectivity index (χ1v) is 5.99. The van der Waals surface area contributed by atoms with E-state index in [-0.39, 0.29) is 0 Å². The van der Waals surface area contributed by atoms with Gasteiger partial charge in [0.15, 0.2) is 0 Å². The van der Waals surface area contributed by atoms with E-state index < -0.39 is 0 Å². The summed E-state index contributed by atoms with van der Waals surface area (Å²) < 4.78 is 0. The van der Waals surface area contributed by atoms with Crippen LogP contribution in [0.15, 0.2) is 12.3 Å². The van der Waals surface area contributed by atoms with Crippen molar-refractivity contribution in [3.63, 3.8) is 0 Å². The first-order valence-electron chi connectivity index (χ1n) is 5.99. The first kappa shape index (κ1) is 13.9. The van der Waals surface area contributed by atoms with Gasteiger partial charge in [0.2, 0.25) is 5.95 Å². The van der Waals surface area contributed by atoms with Crippen molar-refractivity contribution in [1.82, 2.24) is 19.8 Å². The second-order valence-electron chi connectivity index (χ2n) is 4.58. The predicted octanol–water partition coefficient (Wildman–Crippen LogP) is 0.831. The minimum absolute atomic E-state index is 0.346. The summed E-state index contributed by atoms with van der Waals surface area (Å²) in [4.78, 5) is 12.7. The zero-order chi connectivity index (χ0) is 12.8. The molecule has 0 aliphatic heterocycles. The number of nitrogen functional groups attached to an aromatic ring is 1. The van der Waals surface area contributed by atoms with Crippen LogP contribution in [0.25, 0.3) is 0 Å². The van der Waals surface area contributed by atoms with Gasteiger partial charge in [-0.25, -0.2) is 9.97 Å². The number of anilines is 1. The second kappa shape index (κ2) is 6.51. The molecule has 0 radical (unpaired) electrons. The standard InChI is InChI=1S/C12H23N5/c1-5-17(10(2)8-16(3)4)9-11-6-7-14-12(13)15-11/h6-7,10H,5,8-9H2,1-4H3,(H2,13,14,15). The predicted molar refractivity (Wildman–Crippen MR) is 70.5 cm³/mol. The highest BCUT2D eigenvalue weighted by molar-refractivity contribution is 5.17. The zero-order valence-corrected chi connectivity index (χ0v) is 11.2. The van der Waals surface area contributed by atoms with Crippen molar-refractivity contribution in [2.75, 3.05) is 32.9 Å². The molecule has 1 atom stereocenters. The molecule has 17 heavy (non-hydrogen) atoms. The highest BCUT2D eigenvalue weighted by Crippen LogP contribution is 2.07. The molecule has 0 saturated heterocycles. The number of aromatic nitrogens is 2. The maximum absolute atomic E-state index is 5.58. The zero-order valence-electron chi connectivity index (χ0n) is 11.2. The molecule has 0 saturated carbocycles. The Hall–Kier alpha value is -1.20. The average molecular weight is 237 g/mol. The molecule has 0 aliphatic rings. The van der Waals surface area contributed by atoms with Gasteiger partial charge in [0.1, 0.15) is 0 Å². The van der Waals surface area contributed by atoms with Gasteiger partial charge in [-0.3, -0.25) is 4.90 Å². The van der Waals surface area contributed by atoms with Crippen molar-refractivity contribution in [2.45, 2.75) is 26.4 Å². The van der Waals surface area contributed by atoms with Gasteiger partial charge in [-0.1, -0.05) is 6.92 Å². The Morgan fingerprint density at radius 3 is 2.65 bits per heavy atom. The molecule has 0 bridgehead atoms. The van der Waals surface area contributed by atoms with Crippen LogP contribution < -0.4 is 5.73 Å². The van der Waals surface area contributed by atoms with Crippen LogP contribution in [0.3, 0.4) is 0 Å². The van der Waals surface area contributed by atoms with E-state index >= 15 is 0 Å². The summed E-state index contributed by atoms with van der Waals surface area (Å²) in [5, 5.41) is 0. The Morgan fingerprint density at radius 1 is 1.41 bits per heavy atom. The van der Waals surface area contributed by atoms with Crippen molar-refractivity contribution in [3.8, 4) is 0 Å². The monoisotopic (exact) mass is 237 g/mol. The van der Waals surface area contributed by atoms with Crippen molar-refractivity contribution in [3.05, 3.63) is 18.0 Å². The molecule has 5 nitrogen and oxygen atoms in total. The van der Waals surface area contributed by atoms with Gasteiger partial charge in [0.25, 0.3) is 0 Å². The highest BCUT2D eigenvalue weighted by atomic mass is 15.2. The van der Waals surface area contributed by atoms with Crippen molar-refractivity contribution in [2.24, 2.45) is 0 Å². The topological polar surface area (TPSA) is 58.3 Å². The smallest absolute Gasteiger partial charge is 0.220 e. The van der Waals surface area contributed by atoms with E-state index in [1.165, 1.54) is 0 Å². The minimum atomic E-state index is 0.346. The Morgan fingerprint density at radius 2 is 2.12 bits per heavy atom. The summed E-state index contributed by atoms with van der Waals surface area (Å²) in [6.45, 7) is 7.25. The lowest BCUT2D eigenvalue weighted by atomic mass is 10.2. The van der Waals surface area contributed by atoms with Gasteiger partial charge in [0, 0.05) is 25.3 Å². The third-order valence-corrected chi connectivity index (χ3v) is 2.76. The Balaban J connectivity index is 2.63. The largest absolute Gasteiger partial charge is 0.368 e. The summed E-state index contributed by atoms with van der Waals surface area (Å²) >= 11 is 0. The van der Waals surface area contributed by atoms with E-state index in [1.54, 1.807) is 6.20 Å². The molecule has 0 spiro atoms. The molecule has 96 valence electrons. The summed E-state index contributed by atoms with van der Waals surface area (Å²) in [6, 6.07) is 2.41. The van der Waals surface area contributed by atoms with Crippen LogP contribution in [0.2, 0.25) is 0 Å². The van der Waals surface area contributed by atoms with E-state index in [2.05, 4.69) is 47.7 Å². The number of nitrogens with zero attached hydrogens (tertiary/aromatic N) is 4. The van der Waals surface area contributed by atoms with Crippen molar-refractivity contribution in [1.29, 1.82) is 0 Å². The molecule has 0 amide bonds. The summed E-state index contributed by atoms with van der Waals surface area (Å²) in [5.74, 6) is 0.346. The Kier molecular flexibility index (Phi) is 5.31. The van der Waals surface area contributed by atoms with Crippen molar-refractivity contribution >= 4 is 5.95 Å². The molecule has 1 heterocycles. The highest BCUT2D eigenvalue weighted by Gasteiger charge is 2.13. The molecule has 0 aliphatic carbocycles. The van der Waals surface area contributed by atoms with Crippen LogP contribution in [0.4, 0.5) is 5.95 Å². The molecule has 1 rings (SSSR count). The van der Waals surface area contributed by atoms with Crippen LogP contribution in [-0.4, -0.2) is 53.0 Å².